The van der Waals surface area contributed by atoms with Crippen molar-refractivity contribution >= 4 is 5.82 Å². The molecule has 0 unspecified atom stereocenters. The molecular formula is C11H14N4O2. The Morgan fingerprint density at radius 3 is 3.18 bits per heavy atom. The summed E-state index contributed by atoms with van der Waals surface area (Å²) in [6, 6.07) is 1.92. The molecule has 1 aliphatic rings. The van der Waals surface area contributed by atoms with Crippen LogP contribution in [0.1, 0.15) is 25.0 Å². The van der Waals surface area contributed by atoms with Crippen LogP contribution in [0.15, 0.2) is 6.20 Å². The minimum absolute atomic E-state index is 0.0681. The molecule has 0 bridgehead atoms. The molecule has 6 heteroatoms. The summed E-state index contributed by atoms with van der Waals surface area (Å²) in [7, 11) is 0. The van der Waals surface area contributed by atoms with Crippen LogP contribution in [0, 0.1) is 11.3 Å². The predicted molar refractivity (Wildman–Crippen MR) is 60.2 cm³/mol. The highest BCUT2D eigenvalue weighted by molar-refractivity contribution is 5.37. The molecule has 0 spiro atoms. The number of nitriles is 1. The van der Waals surface area contributed by atoms with Crippen LogP contribution in [0.4, 0.5) is 5.82 Å². The molecule has 6 nitrogen and oxygen atoms in total. The molecule has 17 heavy (non-hydrogen) atoms. The summed E-state index contributed by atoms with van der Waals surface area (Å²) in [6.07, 6.45) is 4.61. The zero-order valence-corrected chi connectivity index (χ0v) is 9.43. The van der Waals surface area contributed by atoms with Crippen LogP contribution in [0.5, 0.6) is 5.88 Å². The maximum absolute atomic E-state index is 8.84. The van der Waals surface area contributed by atoms with E-state index in [2.05, 4.69) is 9.97 Å². The fraction of sp³-hybridized carbons (Fsp3) is 0.545. The molecule has 1 saturated heterocycles. The van der Waals surface area contributed by atoms with Gasteiger partial charge >= 0.3 is 0 Å². The van der Waals surface area contributed by atoms with Crippen LogP contribution in [0.3, 0.4) is 0 Å². The lowest BCUT2D eigenvalue weighted by Gasteiger charge is -2.22. The number of nitrogens with two attached hydrogens (primary N) is 1. The van der Waals surface area contributed by atoms with Crippen molar-refractivity contribution in [2.24, 2.45) is 0 Å². The third-order valence-corrected chi connectivity index (χ3v) is 2.54. The van der Waals surface area contributed by atoms with Crippen molar-refractivity contribution in [1.29, 1.82) is 5.26 Å². The minimum atomic E-state index is 0.0681. The molecule has 2 N–H and O–H groups in total. The van der Waals surface area contributed by atoms with E-state index < -0.39 is 0 Å². The Labute approximate surface area is 99.4 Å². The minimum Gasteiger partial charge on any atom is -0.473 e. The molecule has 90 valence electrons. The van der Waals surface area contributed by atoms with E-state index in [-0.39, 0.29) is 23.5 Å². The highest BCUT2D eigenvalue weighted by Crippen LogP contribution is 2.17. The second kappa shape index (κ2) is 5.46. The second-order valence-corrected chi connectivity index (χ2v) is 3.86. The number of rotatable bonds is 3. The van der Waals surface area contributed by atoms with E-state index in [9.17, 15) is 0 Å². The van der Waals surface area contributed by atoms with Gasteiger partial charge in [0.25, 0.3) is 5.88 Å². The zero-order valence-electron chi connectivity index (χ0n) is 9.43. The summed E-state index contributed by atoms with van der Waals surface area (Å²) in [4.78, 5) is 7.79. The van der Waals surface area contributed by atoms with E-state index in [1.54, 1.807) is 0 Å². The second-order valence-electron chi connectivity index (χ2n) is 3.86. The molecule has 0 amide bonds. The molecule has 2 heterocycles. The summed E-state index contributed by atoms with van der Waals surface area (Å²) in [5.74, 6) is 0.422. The maximum Gasteiger partial charge on any atom is 0.253 e. The standard InChI is InChI=1S/C11H14N4O2/c12-5-9-11(15-10(13)6-14-9)17-7-8-3-1-2-4-16-8/h6,8H,1-4,7H2,(H2,13,15)/t8-/m1/s1. The molecule has 1 aromatic rings. The van der Waals surface area contributed by atoms with Gasteiger partial charge in [0.2, 0.25) is 5.69 Å². The third kappa shape index (κ3) is 3.04. The van der Waals surface area contributed by atoms with Crippen molar-refractivity contribution in [2.75, 3.05) is 18.9 Å². The highest BCUT2D eigenvalue weighted by Gasteiger charge is 2.16. The van der Waals surface area contributed by atoms with Crippen LogP contribution in [-0.2, 0) is 4.74 Å². The van der Waals surface area contributed by atoms with Gasteiger partial charge in [0.15, 0.2) is 0 Å². The molecule has 2 rings (SSSR count). The maximum atomic E-state index is 8.84. The van der Waals surface area contributed by atoms with Gasteiger partial charge in [0.1, 0.15) is 18.5 Å². The SMILES string of the molecule is N#Cc1ncc(N)nc1OC[C@H]1CCCCO1. The van der Waals surface area contributed by atoms with Crippen molar-refractivity contribution in [3.8, 4) is 11.9 Å². The number of anilines is 1. The summed E-state index contributed by atoms with van der Waals surface area (Å²) in [5, 5.41) is 8.84. The van der Waals surface area contributed by atoms with Crippen LogP contribution in [0.25, 0.3) is 0 Å². The number of nitrogen functional groups attached to an aromatic ring is 1. The molecule has 1 aromatic heterocycles. The van der Waals surface area contributed by atoms with Gasteiger partial charge in [-0.15, -0.1) is 0 Å². The third-order valence-electron chi connectivity index (χ3n) is 2.54. The summed E-state index contributed by atoms with van der Waals surface area (Å²) in [6.45, 7) is 1.15. The van der Waals surface area contributed by atoms with E-state index in [0.29, 0.717) is 6.61 Å². The number of aromatic nitrogens is 2. The van der Waals surface area contributed by atoms with Crippen LogP contribution in [0.2, 0.25) is 0 Å². The van der Waals surface area contributed by atoms with Crippen molar-refractivity contribution < 1.29 is 9.47 Å². The van der Waals surface area contributed by atoms with Crippen LogP contribution >= 0.6 is 0 Å². The van der Waals surface area contributed by atoms with Crippen LogP contribution < -0.4 is 10.5 Å². The van der Waals surface area contributed by atoms with Crippen molar-refractivity contribution in [1.82, 2.24) is 9.97 Å². The monoisotopic (exact) mass is 234 g/mol. The largest absolute Gasteiger partial charge is 0.473 e. The Morgan fingerprint density at radius 1 is 1.59 bits per heavy atom. The average Bonchev–Trinajstić information content (AvgIpc) is 2.38. The first-order chi connectivity index (χ1) is 8.29. The quantitative estimate of drug-likeness (QED) is 0.834. The molecule has 1 atom stereocenters. The Morgan fingerprint density at radius 2 is 2.47 bits per heavy atom. The van der Waals surface area contributed by atoms with E-state index in [1.807, 2.05) is 6.07 Å². The fourth-order valence-electron chi connectivity index (χ4n) is 1.67. The van der Waals surface area contributed by atoms with Gasteiger partial charge in [0.05, 0.1) is 12.3 Å². The van der Waals surface area contributed by atoms with Gasteiger partial charge in [-0.25, -0.2) is 4.98 Å². The van der Waals surface area contributed by atoms with E-state index >= 15 is 0 Å². The predicted octanol–water partition coefficient (Wildman–Crippen LogP) is 0.878. The molecular weight excluding hydrogens is 220 g/mol. The number of hydrogen-bond acceptors (Lipinski definition) is 6. The Kier molecular flexibility index (Phi) is 3.73. The number of hydrogen-bond donors (Lipinski definition) is 1. The van der Waals surface area contributed by atoms with Crippen molar-refractivity contribution in [2.45, 2.75) is 25.4 Å². The van der Waals surface area contributed by atoms with Crippen molar-refractivity contribution in [3.05, 3.63) is 11.9 Å². The topological polar surface area (TPSA) is 94.1 Å². The summed E-state index contributed by atoms with van der Waals surface area (Å²) < 4.78 is 11.0. The smallest absolute Gasteiger partial charge is 0.253 e. The Hall–Kier alpha value is -1.87. The first-order valence-electron chi connectivity index (χ1n) is 5.56. The summed E-state index contributed by atoms with van der Waals surface area (Å²) in [5.41, 5.74) is 5.64. The number of nitrogens with zero attached hydrogens (tertiary/aromatic N) is 3. The Balaban J connectivity index is 1.98. The van der Waals surface area contributed by atoms with Gasteiger partial charge in [-0.2, -0.15) is 10.2 Å². The summed E-state index contributed by atoms with van der Waals surface area (Å²) >= 11 is 0. The first-order valence-corrected chi connectivity index (χ1v) is 5.56. The highest BCUT2D eigenvalue weighted by atomic mass is 16.5. The first kappa shape index (κ1) is 11.6. The van der Waals surface area contributed by atoms with Gasteiger partial charge in [-0.3, -0.25) is 0 Å². The lowest BCUT2D eigenvalue weighted by molar-refractivity contribution is -0.0120. The van der Waals surface area contributed by atoms with E-state index in [4.69, 9.17) is 20.5 Å². The fourth-order valence-corrected chi connectivity index (χ4v) is 1.67. The number of ether oxygens (including phenoxy) is 2. The van der Waals surface area contributed by atoms with Crippen molar-refractivity contribution in [3.63, 3.8) is 0 Å². The van der Waals surface area contributed by atoms with Gasteiger partial charge in [-0.05, 0) is 19.3 Å². The van der Waals surface area contributed by atoms with Gasteiger partial charge in [0, 0.05) is 6.61 Å². The van der Waals surface area contributed by atoms with E-state index in [0.717, 1.165) is 25.9 Å². The Bertz CT molecular complexity index is 424. The lowest BCUT2D eigenvalue weighted by Crippen LogP contribution is -2.26. The van der Waals surface area contributed by atoms with E-state index in [1.165, 1.54) is 6.20 Å². The lowest BCUT2D eigenvalue weighted by atomic mass is 10.1. The zero-order chi connectivity index (χ0) is 12.1. The van der Waals surface area contributed by atoms with Crippen LogP contribution in [-0.4, -0.2) is 29.3 Å². The average molecular weight is 234 g/mol. The van der Waals surface area contributed by atoms with Gasteiger partial charge in [-0.1, -0.05) is 0 Å². The molecule has 1 fully saturated rings. The molecule has 0 aliphatic carbocycles. The molecule has 0 saturated carbocycles. The molecule has 0 radical (unpaired) electrons. The van der Waals surface area contributed by atoms with Gasteiger partial charge < -0.3 is 15.2 Å². The molecule has 0 aromatic carbocycles. The normalized spacial score (nSPS) is 19.6. The molecule has 1 aliphatic heterocycles.